The fourth-order valence-electron chi connectivity index (χ4n) is 3.92. The Balaban J connectivity index is 2.23. The van der Waals surface area contributed by atoms with Crippen molar-refractivity contribution in [2.75, 3.05) is 6.54 Å². The van der Waals surface area contributed by atoms with Crippen molar-refractivity contribution in [3.8, 4) is 5.75 Å². The number of nitrogens with zero attached hydrogens (tertiary/aromatic N) is 1. The Morgan fingerprint density at radius 2 is 1.72 bits per heavy atom. The minimum Gasteiger partial charge on any atom is -0.508 e. The second-order valence-corrected chi connectivity index (χ2v) is 9.33. The zero-order chi connectivity index (χ0) is 23.9. The molecule has 1 aromatic carbocycles. The molecule has 8 heteroatoms. The van der Waals surface area contributed by atoms with Crippen molar-refractivity contribution in [3.63, 3.8) is 0 Å². The first kappa shape index (κ1) is 25.5. The lowest BCUT2D eigenvalue weighted by molar-refractivity contribution is -0.142. The number of hydrogen-bond acceptors (Lipinski definition) is 5. The predicted octanol–water partition coefficient (Wildman–Crippen LogP) is 3.64. The van der Waals surface area contributed by atoms with E-state index in [2.05, 4.69) is 10.6 Å². The molecule has 0 bridgehead atoms. The van der Waals surface area contributed by atoms with Crippen LogP contribution in [0.1, 0.15) is 78.3 Å². The molecule has 3 amide bonds. The third-order valence-corrected chi connectivity index (χ3v) is 5.45. The van der Waals surface area contributed by atoms with Crippen LogP contribution in [-0.4, -0.2) is 52.1 Å². The highest BCUT2D eigenvalue weighted by molar-refractivity contribution is 5.92. The van der Waals surface area contributed by atoms with Crippen LogP contribution >= 0.6 is 0 Å². The van der Waals surface area contributed by atoms with Gasteiger partial charge in [0.25, 0.3) is 0 Å². The SMILES string of the molecule is CCN(C(=O)C(C)NC(=O)OC(C)(C)C)C(C(=O)NC1CCCCC1)c1ccc(O)cc1. The van der Waals surface area contributed by atoms with Crippen LogP contribution in [0.2, 0.25) is 0 Å². The van der Waals surface area contributed by atoms with Gasteiger partial charge in [-0.05, 0) is 65.2 Å². The lowest BCUT2D eigenvalue weighted by Crippen LogP contribution is -2.52. The number of aromatic hydroxyl groups is 1. The first-order valence-corrected chi connectivity index (χ1v) is 11.4. The molecular weight excluding hydrogens is 410 g/mol. The molecule has 0 aliphatic heterocycles. The molecular formula is C24H37N3O5. The van der Waals surface area contributed by atoms with Gasteiger partial charge in [0, 0.05) is 12.6 Å². The van der Waals surface area contributed by atoms with Gasteiger partial charge in [-0.1, -0.05) is 31.4 Å². The average molecular weight is 448 g/mol. The smallest absolute Gasteiger partial charge is 0.408 e. The van der Waals surface area contributed by atoms with Crippen LogP contribution in [0.25, 0.3) is 0 Å². The molecule has 0 saturated heterocycles. The first-order valence-electron chi connectivity index (χ1n) is 11.4. The van der Waals surface area contributed by atoms with Crippen molar-refractivity contribution in [3.05, 3.63) is 29.8 Å². The molecule has 1 saturated carbocycles. The quantitative estimate of drug-likeness (QED) is 0.591. The number of carbonyl (C=O) groups excluding carboxylic acids is 3. The minimum atomic E-state index is -0.883. The van der Waals surface area contributed by atoms with Crippen LogP contribution in [0.15, 0.2) is 24.3 Å². The van der Waals surface area contributed by atoms with Gasteiger partial charge in [-0.15, -0.1) is 0 Å². The van der Waals surface area contributed by atoms with Gasteiger partial charge >= 0.3 is 6.09 Å². The summed E-state index contributed by atoms with van der Waals surface area (Å²) in [7, 11) is 0. The number of phenolic OH excluding ortho intramolecular Hbond substituents is 1. The first-order chi connectivity index (χ1) is 15.0. The van der Waals surface area contributed by atoms with Gasteiger partial charge in [0.1, 0.15) is 23.4 Å². The highest BCUT2D eigenvalue weighted by Gasteiger charge is 2.34. The van der Waals surface area contributed by atoms with Crippen LogP contribution in [0.5, 0.6) is 5.75 Å². The summed E-state index contributed by atoms with van der Waals surface area (Å²) in [5.74, 6) is -0.577. The summed E-state index contributed by atoms with van der Waals surface area (Å²) in [5.41, 5.74) is -0.0954. The summed E-state index contributed by atoms with van der Waals surface area (Å²) in [4.78, 5) is 40.2. The highest BCUT2D eigenvalue weighted by Crippen LogP contribution is 2.26. The normalized spacial score (nSPS) is 16.5. The maximum Gasteiger partial charge on any atom is 0.408 e. The topological polar surface area (TPSA) is 108 Å². The van der Waals surface area contributed by atoms with Crippen molar-refractivity contribution in [1.29, 1.82) is 0 Å². The Hall–Kier alpha value is -2.77. The Kier molecular flexibility index (Phi) is 8.92. The lowest BCUT2D eigenvalue weighted by atomic mass is 9.94. The summed E-state index contributed by atoms with van der Waals surface area (Å²) in [6.45, 7) is 8.86. The van der Waals surface area contributed by atoms with Crippen LogP contribution in [0.3, 0.4) is 0 Å². The van der Waals surface area contributed by atoms with E-state index in [1.165, 1.54) is 23.5 Å². The number of likely N-dealkylation sites (N-methyl/N-ethyl adjacent to an activating group) is 1. The van der Waals surface area contributed by atoms with Gasteiger partial charge < -0.3 is 25.4 Å². The number of phenols is 1. The number of nitrogens with one attached hydrogen (secondary N) is 2. The van der Waals surface area contributed by atoms with Gasteiger partial charge in [0.15, 0.2) is 0 Å². The van der Waals surface area contributed by atoms with Gasteiger partial charge in [0.2, 0.25) is 11.8 Å². The van der Waals surface area contributed by atoms with E-state index >= 15 is 0 Å². The van der Waals surface area contributed by atoms with E-state index in [-0.39, 0.29) is 24.2 Å². The van der Waals surface area contributed by atoms with E-state index in [1.807, 2.05) is 0 Å². The fraction of sp³-hybridized carbons (Fsp3) is 0.625. The molecule has 2 atom stereocenters. The van der Waals surface area contributed by atoms with E-state index in [0.29, 0.717) is 5.56 Å². The molecule has 3 N–H and O–H groups in total. The van der Waals surface area contributed by atoms with Gasteiger partial charge in [-0.25, -0.2) is 4.79 Å². The minimum absolute atomic E-state index is 0.0783. The van der Waals surface area contributed by atoms with Crippen LogP contribution in [0, 0.1) is 0 Å². The molecule has 0 spiro atoms. The summed E-state index contributed by atoms with van der Waals surface area (Å²) in [6.07, 6.45) is 4.46. The van der Waals surface area contributed by atoms with Crippen LogP contribution < -0.4 is 10.6 Å². The highest BCUT2D eigenvalue weighted by atomic mass is 16.6. The number of carbonyl (C=O) groups is 3. The van der Waals surface area contributed by atoms with Crippen molar-refractivity contribution >= 4 is 17.9 Å². The van der Waals surface area contributed by atoms with E-state index in [9.17, 15) is 19.5 Å². The maximum absolute atomic E-state index is 13.4. The number of rotatable bonds is 7. The third-order valence-electron chi connectivity index (χ3n) is 5.45. The Labute approximate surface area is 190 Å². The summed E-state index contributed by atoms with van der Waals surface area (Å²) < 4.78 is 5.25. The van der Waals surface area contributed by atoms with E-state index in [1.54, 1.807) is 46.8 Å². The molecule has 2 unspecified atom stereocenters. The summed E-state index contributed by atoms with van der Waals surface area (Å²) >= 11 is 0. The Morgan fingerprint density at radius 1 is 1.12 bits per heavy atom. The van der Waals surface area contributed by atoms with Crippen LogP contribution in [0.4, 0.5) is 4.79 Å². The molecule has 1 fully saturated rings. The largest absolute Gasteiger partial charge is 0.508 e. The molecule has 8 nitrogen and oxygen atoms in total. The lowest BCUT2D eigenvalue weighted by Gasteiger charge is -2.34. The standard InChI is InChI=1S/C24H37N3O5/c1-6-27(22(30)16(2)25-23(31)32-24(3,4)5)20(17-12-14-19(28)15-13-17)21(29)26-18-10-8-7-9-11-18/h12-16,18,20,28H,6-11H2,1-5H3,(H,25,31)(H,26,29). The van der Waals surface area contributed by atoms with Gasteiger partial charge in [-0.2, -0.15) is 0 Å². The number of ether oxygens (including phenoxy) is 1. The average Bonchev–Trinajstić information content (AvgIpc) is 2.71. The van der Waals surface area contributed by atoms with Crippen molar-refractivity contribution in [2.24, 2.45) is 0 Å². The van der Waals surface area contributed by atoms with E-state index in [4.69, 9.17) is 4.74 Å². The van der Waals surface area contributed by atoms with E-state index in [0.717, 1.165) is 25.7 Å². The molecule has 2 rings (SSSR count). The number of benzene rings is 1. The summed E-state index contributed by atoms with van der Waals surface area (Å²) in [6, 6.07) is 4.60. The zero-order valence-corrected chi connectivity index (χ0v) is 19.8. The zero-order valence-electron chi connectivity index (χ0n) is 19.8. The third kappa shape index (κ3) is 7.43. The van der Waals surface area contributed by atoms with Crippen LogP contribution in [-0.2, 0) is 14.3 Å². The fourth-order valence-corrected chi connectivity index (χ4v) is 3.92. The Bertz CT molecular complexity index is 782. The molecule has 1 aliphatic rings. The number of alkyl carbamates (subject to hydrolysis) is 1. The molecule has 1 aliphatic carbocycles. The van der Waals surface area contributed by atoms with Gasteiger partial charge in [0.05, 0.1) is 0 Å². The summed E-state index contributed by atoms with van der Waals surface area (Å²) in [5, 5.41) is 15.3. The van der Waals surface area contributed by atoms with Crippen molar-refractivity contribution in [1.82, 2.24) is 15.5 Å². The molecule has 32 heavy (non-hydrogen) atoms. The predicted molar refractivity (Wildman–Crippen MR) is 122 cm³/mol. The monoisotopic (exact) mass is 447 g/mol. The van der Waals surface area contributed by atoms with E-state index < -0.39 is 29.7 Å². The maximum atomic E-state index is 13.4. The molecule has 178 valence electrons. The number of hydrogen-bond donors (Lipinski definition) is 3. The molecule has 0 heterocycles. The number of amides is 3. The molecule has 0 radical (unpaired) electrons. The molecule has 0 aromatic heterocycles. The second kappa shape index (κ2) is 11.2. The van der Waals surface area contributed by atoms with Gasteiger partial charge in [-0.3, -0.25) is 9.59 Å². The molecule has 1 aromatic rings. The Morgan fingerprint density at radius 3 is 2.25 bits per heavy atom. The second-order valence-electron chi connectivity index (χ2n) is 9.33. The van der Waals surface area contributed by atoms with Crippen molar-refractivity contribution < 1.29 is 24.2 Å². The van der Waals surface area contributed by atoms with Crippen molar-refractivity contribution in [2.45, 2.75) is 90.4 Å².